The van der Waals surface area contributed by atoms with Gasteiger partial charge in [-0.2, -0.15) is 0 Å². The van der Waals surface area contributed by atoms with Crippen LogP contribution in [0, 0.1) is 0 Å². The number of rotatable bonds is 12. The van der Waals surface area contributed by atoms with Gasteiger partial charge >= 0.3 is 0 Å². The number of aromatic nitrogens is 6. The summed E-state index contributed by atoms with van der Waals surface area (Å²) < 4.78 is 0. The van der Waals surface area contributed by atoms with Crippen molar-refractivity contribution < 1.29 is 0 Å². The van der Waals surface area contributed by atoms with Crippen molar-refractivity contribution in [3.8, 4) is 135 Å². The van der Waals surface area contributed by atoms with Gasteiger partial charge in [-0.05, 0) is 125 Å². The first-order chi connectivity index (χ1) is 45.5. The Morgan fingerprint density at radius 1 is 0.174 bits per heavy atom. The molecule has 0 unspecified atom stereocenters. The molecule has 0 aliphatic rings. The quantitative estimate of drug-likeness (QED) is 0.121. The lowest BCUT2D eigenvalue weighted by molar-refractivity contribution is 1.18. The summed E-state index contributed by atoms with van der Waals surface area (Å²) in [5, 5.41) is 4.94. The predicted molar refractivity (Wildman–Crippen MR) is 380 cm³/mol. The summed E-state index contributed by atoms with van der Waals surface area (Å²) in [6.07, 6.45) is 7.36. The van der Waals surface area contributed by atoms with Crippen LogP contribution in [-0.2, 0) is 0 Å². The average molecular weight is 1180 g/mol. The topological polar surface area (TPSA) is 77.3 Å². The molecule has 4 aromatic heterocycles. The summed E-state index contributed by atoms with van der Waals surface area (Å²) >= 11 is 0. The van der Waals surface area contributed by atoms with Gasteiger partial charge in [0.2, 0.25) is 0 Å². The van der Waals surface area contributed by atoms with Crippen LogP contribution in [-0.4, -0.2) is 29.9 Å². The molecular weight excluding hydrogens is 1120 g/mol. The SMILES string of the molecule is c1ccc(-c2ccc(-c3cc(-c4ccc(-c5cccnc5)cc4)nc(-c4ccc(-c5cccc6ccccc56)cc4)n3)cc2)cc1.c1ccc(-c2ccc(-c3nc(-c4ccc(-c5cccnc5)cc4)cc(-c4cccc(-c5ccc6ccccc6c5)c4)n3)cc2)cc1. The van der Waals surface area contributed by atoms with Crippen molar-refractivity contribution in [2.45, 2.75) is 0 Å². The Bertz CT molecular complexity index is 4990. The minimum absolute atomic E-state index is 0.694. The zero-order chi connectivity index (χ0) is 61.4. The molecule has 6 heteroatoms. The van der Waals surface area contributed by atoms with Gasteiger partial charge < -0.3 is 0 Å². The molecule has 0 atom stereocenters. The average Bonchev–Trinajstić information content (AvgIpc) is 1.47. The van der Waals surface area contributed by atoms with Gasteiger partial charge in [0.15, 0.2) is 11.6 Å². The van der Waals surface area contributed by atoms with Crippen molar-refractivity contribution in [1.82, 2.24) is 29.9 Å². The third kappa shape index (κ3) is 12.3. The minimum Gasteiger partial charge on any atom is -0.264 e. The molecule has 0 amide bonds. The second-order valence-electron chi connectivity index (χ2n) is 22.7. The molecule has 0 bridgehead atoms. The normalized spacial score (nSPS) is 11.0. The summed E-state index contributed by atoms with van der Waals surface area (Å²) in [7, 11) is 0. The molecule has 0 saturated carbocycles. The summed E-state index contributed by atoms with van der Waals surface area (Å²) in [6, 6.07) is 115. The van der Waals surface area contributed by atoms with Gasteiger partial charge in [0.25, 0.3) is 0 Å². The van der Waals surface area contributed by atoms with Crippen molar-refractivity contribution in [2.24, 2.45) is 0 Å². The highest BCUT2D eigenvalue weighted by Gasteiger charge is 2.16. The van der Waals surface area contributed by atoms with Crippen molar-refractivity contribution in [3.05, 3.63) is 352 Å². The number of hydrogen-bond donors (Lipinski definition) is 0. The highest BCUT2D eigenvalue weighted by molar-refractivity contribution is 5.97. The van der Waals surface area contributed by atoms with Crippen LogP contribution < -0.4 is 0 Å². The van der Waals surface area contributed by atoms with Crippen LogP contribution in [0.3, 0.4) is 0 Å². The Balaban J connectivity index is 0.000000153. The number of pyridine rings is 2. The predicted octanol–water partition coefficient (Wildman–Crippen LogP) is 22.1. The third-order valence-electron chi connectivity index (χ3n) is 16.8. The highest BCUT2D eigenvalue weighted by Crippen LogP contribution is 2.36. The van der Waals surface area contributed by atoms with E-state index in [-0.39, 0.29) is 0 Å². The maximum Gasteiger partial charge on any atom is 0.160 e. The lowest BCUT2D eigenvalue weighted by Crippen LogP contribution is -1.96. The van der Waals surface area contributed by atoms with E-state index >= 15 is 0 Å². The fourth-order valence-electron chi connectivity index (χ4n) is 11.9. The monoisotopic (exact) mass is 1170 g/mol. The van der Waals surface area contributed by atoms with Crippen LogP contribution in [0.5, 0.6) is 0 Å². The molecule has 0 aliphatic carbocycles. The highest BCUT2D eigenvalue weighted by atomic mass is 14.9. The molecular formula is C86H58N6. The van der Waals surface area contributed by atoms with E-state index in [2.05, 4.69) is 313 Å². The molecule has 16 rings (SSSR count). The first-order valence-electron chi connectivity index (χ1n) is 30.9. The van der Waals surface area contributed by atoms with Gasteiger partial charge in [-0.25, -0.2) is 19.9 Å². The number of nitrogens with zero attached hydrogens (tertiary/aromatic N) is 6. The first-order valence-corrected chi connectivity index (χ1v) is 30.9. The molecule has 432 valence electrons. The fourth-order valence-corrected chi connectivity index (χ4v) is 11.9. The lowest BCUT2D eigenvalue weighted by atomic mass is 9.97. The Morgan fingerprint density at radius 2 is 0.511 bits per heavy atom. The van der Waals surface area contributed by atoms with E-state index in [0.717, 1.165) is 89.5 Å². The van der Waals surface area contributed by atoms with Crippen LogP contribution in [0.25, 0.3) is 156 Å². The molecule has 92 heavy (non-hydrogen) atoms. The zero-order valence-corrected chi connectivity index (χ0v) is 50.2. The van der Waals surface area contributed by atoms with Gasteiger partial charge in [0, 0.05) is 58.2 Å². The fraction of sp³-hybridized carbons (Fsp3) is 0. The van der Waals surface area contributed by atoms with Crippen LogP contribution in [0.2, 0.25) is 0 Å². The maximum absolute atomic E-state index is 5.13. The van der Waals surface area contributed by atoms with Crippen LogP contribution in [0.1, 0.15) is 0 Å². The molecule has 0 aliphatic heterocycles. The van der Waals surface area contributed by atoms with Crippen molar-refractivity contribution in [3.63, 3.8) is 0 Å². The Morgan fingerprint density at radius 3 is 1.01 bits per heavy atom. The van der Waals surface area contributed by atoms with E-state index in [0.29, 0.717) is 11.6 Å². The van der Waals surface area contributed by atoms with Gasteiger partial charge in [-0.1, -0.05) is 291 Å². The van der Waals surface area contributed by atoms with E-state index < -0.39 is 0 Å². The number of benzene rings is 12. The number of fused-ring (bicyclic) bond motifs is 2. The first kappa shape index (κ1) is 56.2. The largest absolute Gasteiger partial charge is 0.264 e. The molecule has 12 aromatic carbocycles. The van der Waals surface area contributed by atoms with Gasteiger partial charge in [-0.3, -0.25) is 9.97 Å². The third-order valence-corrected chi connectivity index (χ3v) is 16.8. The van der Waals surface area contributed by atoms with E-state index in [1.54, 1.807) is 12.4 Å². The molecule has 0 saturated heterocycles. The lowest BCUT2D eigenvalue weighted by Gasteiger charge is -2.12. The summed E-state index contributed by atoms with van der Waals surface area (Å²) in [5.74, 6) is 1.39. The molecule has 0 spiro atoms. The Kier molecular flexibility index (Phi) is 15.7. The van der Waals surface area contributed by atoms with Gasteiger partial charge in [-0.15, -0.1) is 0 Å². The number of hydrogen-bond acceptors (Lipinski definition) is 6. The summed E-state index contributed by atoms with van der Waals surface area (Å²) in [5.41, 5.74) is 23.4. The van der Waals surface area contributed by atoms with E-state index in [4.69, 9.17) is 19.9 Å². The van der Waals surface area contributed by atoms with Crippen LogP contribution in [0.4, 0.5) is 0 Å². The minimum atomic E-state index is 0.694. The van der Waals surface area contributed by atoms with E-state index in [1.807, 2.05) is 36.7 Å². The summed E-state index contributed by atoms with van der Waals surface area (Å²) in [6.45, 7) is 0. The maximum atomic E-state index is 5.13. The Labute approximate surface area is 535 Å². The van der Waals surface area contributed by atoms with Gasteiger partial charge in [0.05, 0.1) is 22.8 Å². The molecule has 4 heterocycles. The zero-order valence-electron chi connectivity index (χ0n) is 50.2. The van der Waals surface area contributed by atoms with Crippen LogP contribution in [0.15, 0.2) is 352 Å². The van der Waals surface area contributed by atoms with E-state index in [1.165, 1.54) is 54.9 Å². The van der Waals surface area contributed by atoms with Crippen LogP contribution >= 0.6 is 0 Å². The molecule has 6 nitrogen and oxygen atoms in total. The Hall–Kier alpha value is -12.4. The molecule has 0 fully saturated rings. The van der Waals surface area contributed by atoms with E-state index in [9.17, 15) is 0 Å². The second kappa shape index (κ2) is 25.8. The van der Waals surface area contributed by atoms with Gasteiger partial charge in [0.1, 0.15) is 0 Å². The van der Waals surface area contributed by atoms with Crippen molar-refractivity contribution >= 4 is 21.5 Å². The smallest absolute Gasteiger partial charge is 0.160 e. The standard InChI is InChI=1S/2C43H29N3/c1-2-8-30(9-3-1)31-15-21-35(22-16-31)41-28-42(36-23-17-32(18-24-36)38-12-7-27-44-29-38)46-43(45-41)37-25-19-34(20-26-37)40-14-6-11-33-10-4-5-13-39(33)40;1-2-8-30(9-3-1)32-17-22-35(23-18-32)43-45-41(34-20-15-33(16-21-34)40-14-7-25-44-29-40)28-42(46-43)39-13-6-12-37(27-39)38-24-19-31-10-4-5-11-36(31)26-38/h2*1-29H. The summed E-state index contributed by atoms with van der Waals surface area (Å²) in [4.78, 5) is 29.0. The molecule has 16 aromatic rings. The van der Waals surface area contributed by atoms with Crippen molar-refractivity contribution in [1.29, 1.82) is 0 Å². The second-order valence-corrected chi connectivity index (χ2v) is 22.7. The molecule has 0 N–H and O–H groups in total. The van der Waals surface area contributed by atoms with Crippen molar-refractivity contribution in [2.75, 3.05) is 0 Å². The molecule has 0 radical (unpaired) electrons.